The van der Waals surface area contributed by atoms with Gasteiger partial charge in [-0.2, -0.15) is 0 Å². The number of nitrogens with zero attached hydrogens (tertiary/aromatic N) is 3. The van der Waals surface area contributed by atoms with Crippen LogP contribution < -0.4 is 11.1 Å². The second-order valence-corrected chi connectivity index (χ2v) is 6.11. The zero-order valence-corrected chi connectivity index (χ0v) is 13.9. The van der Waals surface area contributed by atoms with Crippen molar-refractivity contribution < 1.29 is 0 Å². The fourth-order valence-corrected chi connectivity index (χ4v) is 2.64. The van der Waals surface area contributed by atoms with Crippen molar-refractivity contribution in [3.8, 4) is 0 Å². The van der Waals surface area contributed by atoms with E-state index in [0.717, 1.165) is 31.7 Å². The molecule has 0 radical (unpaired) electrons. The van der Waals surface area contributed by atoms with Crippen LogP contribution in [0.5, 0.6) is 0 Å². The van der Waals surface area contributed by atoms with Crippen LogP contribution in [0.4, 0.5) is 5.69 Å². The summed E-state index contributed by atoms with van der Waals surface area (Å²) in [6.07, 6.45) is 2.32. The fraction of sp³-hybridized carbons (Fsp3) is 0.588. The Kier molecular flexibility index (Phi) is 6.68. The van der Waals surface area contributed by atoms with E-state index >= 15 is 0 Å². The van der Waals surface area contributed by atoms with Gasteiger partial charge in [0.05, 0.1) is 0 Å². The first-order valence-corrected chi connectivity index (χ1v) is 8.18. The Morgan fingerprint density at radius 1 is 1.18 bits per heavy atom. The zero-order chi connectivity index (χ0) is 15.8. The van der Waals surface area contributed by atoms with E-state index in [1.54, 1.807) is 0 Å². The predicted octanol–water partition coefficient (Wildman–Crippen LogP) is 1.75. The number of nitrogens with two attached hydrogens (primary N) is 1. The van der Waals surface area contributed by atoms with Crippen molar-refractivity contribution in [2.45, 2.75) is 19.8 Å². The van der Waals surface area contributed by atoms with Crippen LogP contribution in [-0.2, 0) is 0 Å². The number of nitrogens with one attached hydrogen (secondary N) is 1. The highest BCUT2D eigenvalue weighted by Gasteiger charge is 2.10. The van der Waals surface area contributed by atoms with Crippen LogP contribution in [0.1, 0.15) is 18.4 Å². The van der Waals surface area contributed by atoms with Crippen molar-refractivity contribution in [1.82, 2.24) is 9.80 Å². The summed E-state index contributed by atoms with van der Waals surface area (Å²) in [6.45, 7) is 8.69. The molecule has 0 spiro atoms. The smallest absolute Gasteiger partial charge is 0.193 e. The van der Waals surface area contributed by atoms with Gasteiger partial charge in [0.25, 0.3) is 0 Å². The Balaban J connectivity index is 1.67. The molecule has 22 heavy (non-hydrogen) atoms. The lowest BCUT2D eigenvalue weighted by atomic mass is 10.2. The predicted molar refractivity (Wildman–Crippen MR) is 94.5 cm³/mol. The van der Waals surface area contributed by atoms with E-state index in [2.05, 4.69) is 46.2 Å². The van der Waals surface area contributed by atoms with Gasteiger partial charge in [-0.1, -0.05) is 17.7 Å². The van der Waals surface area contributed by atoms with Crippen LogP contribution in [0.3, 0.4) is 0 Å². The van der Waals surface area contributed by atoms with Crippen molar-refractivity contribution in [2.24, 2.45) is 10.7 Å². The molecule has 1 saturated heterocycles. The SMILES string of the molecule is Cc1ccc(NC(N)=NCCCN2CCCN(C)CC2)cc1. The van der Waals surface area contributed by atoms with Gasteiger partial charge in [0.2, 0.25) is 0 Å². The third kappa shape index (κ3) is 6.03. The molecule has 3 N–H and O–H groups in total. The first-order chi connectivity index (χ1) is 10.6. The summed E-state index contributed by atoms with van der Waals surface area (Å²) in [4.78, 5) is 9.35. The van der Waals surface area contributed by atoms with E-state index in [4.69, 9.17) is 5.73 Å². The molecule has 1 fully saturated rings. The van der Waals surface area contributed by atoms with E-state index in [0.29, 0.717) is 5.96 Å². The Bertz CT molecular complexity index is 468. The lowest BCUT2D eigenvalue weighted by molar-refractivity contribution is 0.275. The van der Waals surface area contributed by atoms with Gasteiger partial charge < -0.3 is 20.9 Å². The van der Waals surface area contributed by atoms with Gasteiger partial charge in [-0.15, -0.1) is 0 Å². The van der Waals surface area contributed by atoms with Crippen LogP contribution in [0.25, 0.3) is 0 Å². The molecule has 0 unspecified atom stereocenters. The lowest BCUT2D eigenvalue weighted by Crippen LogP contribution is -2.30. The number of anilines is 1. The van der Waals surface area contributed by atoms with Gasteiger partial charge in [-0.25, -0.2) is 0 Å². The standard InChI is InChI=1S/C17H29N5/c1-15-5-7-16(8-6-15)20-17(18)19-9-3-11-22-12-4-10-21(2)13-14-22/h5-8H,3-4,9-14H2,1-2H3,(H3,18,19,20). The number of benzene rings is 1. The number of hydrogen-bond acceptors (Lipinski definition) is 3. The quantitative estimate of drug-likeness (QED) is 0.494. The highest BCUT2D eigenvalue weighted by Crippen LogP contribution is 2.08. The number of hydrogen-bond donors (Lipinski definition) is 2. The molecule has 0 amide bonds. The Hall–Kier alpha value is -1.59. The molecule has 1 aliphatic heterocycles. The molecule has 1 aromatic carbocycles. The molecule has 0 atom stereocenters. The molecular weight excluding hydrogens is 274 g/mol. The van der Waals surface area contributed by atoms with Gasteiger partial charge >= 0.3 is 0 Å². The maximum atomic E-state index is 5.92. The third-order valence-corrected chi connectivity index (χ3v) is 4.05. The summed E-state index contributed by atoms with van der Waals surface area (Å²) in [5.41, 5.74) is 8.15. The molecule has 2 rings (SSSR count). The number of rotatable bonds is 5. The fourth-order valence-electron chi connectivity index (χ4n) is 2.64. The number of guanidine groups is 1. The second-order valence-electron chi connectivity index (χ2n) is 6.11. The first kappa shape index (κ1) is 16.8. The molecule has 1 aliphatic rings. The van der Waals surface area contributed by atoms with Crippen LogP contribution >= 0.6 is 0 Å². The summed E-state index contributed by atoms with van der Waals surface area (Å²) >= 11 is 0. The minimum absolute atomic E-state index is 0.499. The Labute approximate surface area is 134 Å². The van der Waals surface area contributed by atoms with Gasteiger partial charge in [-0.3, -0.25) is 4.99 Å². The monoisotopic (exact) mass is 303 g/mol. The molecule has 5 heteroatoms. The Morgan fingerprint density at radius 2 is 1.95 bits per heavy atom. The molecule has 1 aromatic rings. The van der Waals surface area contributed by atoms with Gasteiger partial charge in [0, 0.05) is 25.3 Å². The summed E-state index contributed by atoms with van der Waals surface area (Å²) in [5.74, 6) is 0.499. The highest BCUT2D eigenvalue weighted by atomic mass is 15.2. The zero-order valence-electron chi connectivity index (χ0n) is 13.9. The van der Waals surface area contributed by atoms with Crippen LogP contribution in [0.15, 0.2) is 29.3 Å². The van der Waals surface area contributed by atoms with E-state index < -0.39 is 0 Å². The molecule has 5 nitrogen and oxygen atoms in total. The maximum absolute atomic E-state index is 5.92. The van der Waals surface area contributed by atoms with Crippen molar-refractivity contribution in [2.75, 3.05) is 51.6 Å². The average Bonchev–Trinajstić information content (AvgIpc) is 2.71. The largest absolute Gasteiger partial charge is 0.370 e. The van der Waals surface area contributed by atoms with Crippen molar-refractivity contribution in [3.63, 3.8) is 0 Å². The van der Waals surface area contributed by atoms with E-state index in [1.165, 1.54) is 31.6 Å². The molecule has 0 aromatic heterocycles. The van der Waals surface area contributed by atoms with Crippen LogP contribution in [0.2, 0.25) is 0 Å². The van der Waals surface area contributed by atoms with Crippen LogP contribution in [-0.4, -0.2) is 62.1 Å². The highest BCUT2D eigenvalue weighted by molar-refractivity contribution is 5.92. The van der Waals surface area contributed by atoms with Gasteiger partial charge in [0.15, 0.2) is 5.96 Å². The van der Waals surface area contributed by atoms with Crippen LogP contribution in [0, 0.1) is 6.92 Å². The topological polar surface area (TPSA) is 56.9 Å². The molecular formula is C17H29N5. The molecule has 0 saturated carbocycles. The molecule has 0 aliphatic carbocycles. The first-order valence-electron chi connectivity index (χ1n) is 8.18. The van der Waals surface area contributed by atoms with Crippen molar-refractivity contribution in [3.05, 3.63) is 29.8 Å². The third-order valence-electron chi connectivity index (χ3n) is 4.05. The van der Waals surface area contributed by atoms with Crippen molar-refractivity contribution >= 4 is 11.6 Å². The van der Waals surface area contributed by atoms with E-state index in [9.17, 15) is 0 Å². The maximum Gasteiger partial charge on any atom is 0.193 e. The van der Waals surface area contributed by atoms with E-state index in [-0.39, 0.29) is 0 Å². The molecule has 0 bridgehead atoms. The summed E-state index contributed by atoms with van der Waals surface area (Å²) in [7, 11) is 2.20. The van der Waals surface area contributed by atoms with Crippen molar-refractivity contribution in [1.29, 1.82) is 0 Å². The van der Waals surface area contributed by atoms with Gasteiger partial charge in [0.1, 0.15) is 0 Å². The van der Waals surface area contributed by atoms with E-state index in [1.807, 2.05) is 12.1 Å². The minimum atomic E-state index is 0.499. The number of likely N-dealkylation sites (N-methyl/N-ethyl adjacent to an activating group) is 1. The normalized spacial score (nSPS) is 18.2. The summed E-state index contributed by atoms with van der Waals surface area (Å²) in [6, 6.07) is 8.16. The summed E-state index contributed by atoms with van der Waals surface area (Å²) in [5, 5.41) is 3.13. The minimum Gasteiger partial charge on any atom is -0.370 e. The number of aliphatic imine (C=N–C) groups is 1. The Morgan fingerprint density at radius 3 is 2.73 bits per heavy atom. The summed E-state index contributed by atoms with van der Waals surface area (Å²) < 4.78 is 0. The molecule has 122 valence electrons. The number of aryl methyl sites for hydroxylation is 1. The lowest BCUT2D eigenvalue weighted by Gasteiger charge is -2.19. The molecule has 1 heterocycles. The second kappa shape index (κ2) is 8.76. The average molecular weight is 303 g/mol. The van der Waals surface area contributed by atoms with Gasteiger partial charge in [-0.05, 0) is 58.6 Å².